The SMILES string of the molecule is CNCCN(C)C(=O)C1CCN(C(=O)N(C)Cc2ccccc2)CC1.Cl. The summed E-state index contributed by atoms with van der Waals surface area (Å²) in [6.07, 6.45) is 1.49. The molecule has 1 aliphatic rings. The molecule has 2 rings (SSSR count). The molecule has 1 aliphatic heterocycles. The molecule has 1 aromatic carbocycles. The summed E-state index contributed by atoms with van der Waals surface area (Å²) in [5.41, 5.74) is 1.12. The third-order valence-corrected chi connectivity index (χ3v) is 4.78. The van der Waals surface area contributed by atoms with Crippen molar-refractivity contribution in [3.05, 3.63) is 35.9 Å². The molecule has 0 aliphatic carbocycles. The summed E-state index contributed by atoms with van der Waals surface area (Å²) < 4.78 is 0. The molecule has 0 aromatic heterocycles. The van der Waals surface area contributed by atoms with Crippen LogP contribution in [0.5, 0.6) is 0 Å². The molecule has 26 heavy (non-hydrogen) atoms. The lowest BCUT2D eigenvalue weighted by Gasteiger charge is -2.35. The lowest BCUT2D eigenvalue weighted by atomic mass is 9.95. The number of piperidine rings is 1. The Labute approximate surface area is 162 Å². The van der Waals surface area contributed by atoms with Crippen LogP contribution in [0.15, 0.2) is 30.3 Å². The number of likely N-dealkylation sites (N-methyl/N-ethyl adjacent to an activating group) is 2. The number of urea groups is 1. The number of halogens is 1. The third kappa shape index (κ3) is 6.18. The monoisotopic (exact) mass is 382 g/mol. The fourth-order valence-electron chi connectivity index (χ4n) is 3.19. The molecule has 1 heterocycles. The van der Waals surface area contributed by atoms with E-state index in [1.807, 2.05) is 56.4 Å². The molecule has 0 spiro atoms. The Kier molecular flexibility index (Phi) is 9.44. The van der Waals surface area contributed by atoms with E-state index in [0.717, 1.165) is 24.9 Å². The molecule has 146 valence electrons. The molecule has 1 N–H and O–H groups in total. The summed E-state index contributed by atoms with van der Waals surface area (Å²) >= 11 is 0. The van der Waals surface area contributed by atoms with Gasteiger partial charge in [-0.3, -0.25) is 4.79 Å². The van der Waals surface area contributed by atoms with Crippen LogP contribution in [0.2, 0.25) is 0 Å². The second-order valence-electron chi connectivity index (χ2n) is 6.75. The average Bonchev–Trinajstić information content (AvgIpc) is 2.65. The standard InChI is InChI=1S/C19H30N4O2.ClH/c1-20-11-14-21(2)18(24)17-9-12-23(13-10-17)19(25)22(3)15-16-7-5-4-6-8-16;/h4-8,17,20H,9-15H2,1-3H3;1H. The highest BCUT2D eigenvalue weighted by atomic mass is 35.5. The normalized spacial score (nSPS) is 14.5. The molecule has 1 fully saturated rings. The topological polar surface area (TPSA) is 55.9 Å². The first-order valence-electron chi connectivity index (χ1n) is 8.96. The van der Waals surface area contributed by atoms with Crippen molar-refractivity contribution < 1.29 is 9.59 Å². The van der Waals surface area contributed by atoms with Crippen LogP contribution in [0, 0.1) is 5.92 Å². The number of likely N-dealkylation sites (tertiary alicyclic amines) is 1. The highest BCUT2D eigenvalue weighted by Crippen LogP contribution is 2.20. The van der Waals surface area contributed by atoms with Gasteiger partial charge in [-0.15, -0.1) is 12.4 Å². The fourth-order valence-corrected chi connectivity index (χ4v) is 3.19. The first kappa shape index (κ1) is 22.3. The maximum atomic E-state index is 12.6. The van der Waals surface area contributed by atoms with E-state index in [4.69, 9.17) is 0 Å². The van der Waals surface area contributed by atoms with Crippen LogP contribution in [-0.2, 0) is 11.3 Å². The summed E-state index contributed by atoms with van der Waals surface area (Å²) in [4.78, 5) is 30.4. The predicted molar refractivity (Wildman–Crippen MR) is 106 cm³/mol. The Bertz CT molecular complexity index is 562. The van der Waals surface area contributed by atoms with Crippen LogP contribution in [0.4, 0.5) is 4.79 Å². The predicted octanol–water partition coefficient (Wildman–Crippen LogP) is 2.05. The molecule has 7 heteroatoms. The van der Waals surface area contributed by atoms with E-state index >= 15 is 0 Å². The van der Waals surface area contributed by atoms with Crippen molar-refractivity contribution in [2.75, 3.05) is 47.3 Å². The first-order chi connectivity index (χ1) is 12.0. The van der Waals surface area contributed by atoms with Gasteiger partial charge in [-0.05, 0) is 25.5 Å². The molecule has 1 saturated heterocycles. The molecule has 3 amide bonds. The van der Waals surface area contributed by atoms with Crippen LogP contribution < -0.4 is 5.32 Å². The first-order valence-corrected chi connectivity index (χ1v) is 8.96. The number of hydrogen-bond acceptors (Lipinski definition) is 3. The Morgan fingerprint density at radius 1 is 1.12 bits per heavy atom. The van der Waals surface area contributed by atoms with Crippen molar-refractivity contribution >= 4 is 24.3 Å². The minimum Gasteiger partial charge on any atom is -0.344 e. The molecule has 0 unspecified atom stereocenters. The number of carbonyl (C=O) groups is 2. The number of benzene rings is 1. The molecule has 0 atom stereocenters. The Morgan fingerprint density at radius 2 is 1.73 bits per heavy atom. The van der Waals surface area contributed by atoms with Gasteiger partial charge in [0.15, 0.2) is 0 Å². The Hall–Kier alpha value is -1.79. The van der Waals surface area contributed by atoms with Crippen LogP contribution >= 0.6 is 12.4 Å². The number of nitrogens with one attached hydrogen (secondary N) is 1. The van der Waals surface area contributed by atoms with Gasteiger partial charge in [-0.2, -0.15) is 0 Å². The molecule has 1 aromatic rings. The highest BCUT2D eigenvalue weighted by Gasteiger charge is 2.30. The maximum absolute atomic E-state index is 12.6. The number of nitrogens with zero attached hydrogens (tertiary/aromatic N) is 3. The summed E-state index contributed by atoms with van der Waals surface area (Å²) in [5, 5.41) is 3.06. The molecule has 0 radical (unpaired) electrons. The molecular weight excluding hydrogens is 352 g/mol. The van der Waals surface area contributed by atoms with Gasteiger partial charge in [0.2, 0.25) is 5.91 Å². The smallest absolute Gasteiger partial charge is 0.320 e. The second-order valence-corrected chi connectivity index (χ2v) is 6.75. The van der Waals surface area contributed by atoms with E-state index in [2.05, 4.69) is 5.32 Å². The average molecular weight is 383 g/mol. The number of amides is 3. The lowest BCUT2D eigenvalue weighted by Crippen LogP contribution is -2.47. The minimum atomic E-state index is 0. The molecule has 0 saturated carbocycles. The van der Waals surface area contributed by atoms with Gasteiger partial charge in [-0.1, -0.05) is 30.3 Å². The summed E-state index contributed by atoms with van der Waals surface area (Å²) in [7, 11) is 5.57. The second kappa shape index (κ2) is 11.0. The number of rotatable bonds is 6. The molecule has 6 nitrogen and oxygen atoms in total. The summed E-state index contributed by atoms with van der Waals surface area (Å²) in [5.74, 6) is 0.227. The van der Waals surface area contributed by atoms with Crippen molar-refractivity contribution in [2.24, 2.45) is 5.92 Å². The molecular formula is C19H31ClN4O2. The largest absolute Gasteiger partial charge is 0.344 e. The van der Waals surface area contributed by atoms with Gasteiger partial charge in [0, 0.05) is 52.7 Å². The Morgan fingerprint density at radius 3 is 2.31 bits per heavy atom. The number of hydrogen-bond donors (Lipinski definition) is 1. The van der Waals surface area contributed by atoms with E-state index in [0.29, 0.717) is 26.2 Å². The van der Waals surface area contributed by atoms with E-state index in [-0.39, 0.29) is 30.3 Å². The van der Waals surface area contributed by atoms with Gasteiger partial charge < -0.3 is 20.0 Å². The van der Waals surface area contributed by atoms with Gasteiger partial charge in [0.1, 0.15) is 0 Å². The van der Waals surface area contributed by atoms with Gasteiger partial charge in [0.05, 0.1) is 0 Å². The van der Waals surface area contributed by atoms with E-state index in [9.17, 15) is 9.59 Å². The van der Waals surface area contributed by atoms with Crippen molar-refractivity contribution in [2.45, 2.75) is 19.4 Å². The van der Waals surface area contributed by atoms with E-state index in [1.54, 1.807) is 9.80 Å². The zero-order chi connectivity index (χ0) is 18.2. The maximum Gasteiger partial charge on any atom is 0.320 e. The van der Waals surface area contributed by atoms with Crippen molar-refractivity contribution in [1.29, 1.82) is 0 Å². The van der Waals surface area contributed by atoms with Crippen LogP contribution in [0.1, 0.15) is 18.4 Å². The third-order valence-electron chi connectivity index (χ3n) is 4.78. The van der Waals surface area contributed by atoms with Gasteiger partial charge >= 0.3 is 6.03 Å². The van der Waals surface area contributed by atoms with Crippen molar-refractivity contribution in [3.63, 3.8) is 0 Å². The summed E-state index contributed by atoms with van der Waals surface area (Å²) in [6, 6.07) is 10.0. The zero-order valence-electron chi connectivity index (χ0n) is 16.0. The van der Waals surface area contributed by atoms with Crippen LogP contribution in [-0.4, -0.2) is 74.0 Å². The van der Waals surface area contributed by atoms with E-state index in [1.165, 1.54) is 0 Å². The van der Waals surface area contributed by atoms with Crippen LogP contribution in [0.3, 0.4) is 0 Å². The van der Waals surface area contributed by atoms with Crippen LogP contribution in [0.25, 0.3) is 0 Å². The lowest BCUT2D eigenvalue weighted by molar-refractivity contribution is -0.135. The fraction of sp³-hybridized carbons (Fsp3) is 0.579. The van der Waals surface area contributed by atoms with Crippen molar-refractivity contribution in [3.8, 4) is 0 Å². The quantitative estimate of drug-likeness (QED) is 0.819. The van der Waals surface area contributed by atoms with E-state index < -0.39 is 0 Å². The number of carbonyl (C=O) groups excluding carboxylic acids is 2. The zero-order valence-corrected chi connectivity index (χ0v) is 16.8. The van der Waals surface area contributed by atoms with Gasteiger partial charge in [0.25, 0.3) is 0 Å². The highest BCUT2D eigenvalue weighted by molar-refractivity contribution is 5.85. The van der Waals surface area contributed by atoms with Crippen molar-refractivity contribution in [1.82, 2.24) is 20.0 Å². The molecule has 0 bridgehead atoms. The minimum absolute atomic E-state index is 0. The van der Waals surface area contributed by atoms with Gasteiger partial charge in [-0.25, -0.2) is 4.79 Å². The summed E-state index contributed by atoms with van der Waals surface area (Å²) in [6.45, 7) is 3.41. The Balaban J connectivity index is 0.00000338.